The third-order valence-corrected chi connectivity index (χ3v) is 5.72. The molecule has 142 valence electrons. The Labute approximate surface area is 159 Å². The number of ether oxygens (including phenoxy) is 1. The first-order valence-electron chi connectivity index (χ1n) is 9.59. The third-order valence-electron chi connectivity index (χ3n) is 5.72. The van der Waals surface area contributed by atoms with E-state index in [-0.39, 0.29) is 29.7 Å². The number of morpholine rings is 1. The predicted molar refractivity (Wildman–Crippen MR) is 102 cm³/mol. The second-order valence-corrected chi connectivity index (χ2v) is 7.38. The zero-order chi connectivity index (χ0) is 18.8. The van der Waals surface area contributed by atoms with E-state index in [1.165, 1.54) is 23.3 Å². The lowest BCUT2D eigenvalue weighted by atomic mass is 9.98. The van der Waals surface area contributed by atoms with Crippen molar-refractivity contribution in [1.29, 1.82) is 0 Å². The summed E-state index contributed by atoms with van der Waals surface area (Å²) in [6.45, 7) is 5.07. The molecule has 2 aliphatic rings. The SMILES string of the molecule is C[C@H](C(=O)N[C@H]1Cc2ccccc2[C@@H]1N1CCOCC1)c1ccc(F)cc1. The molecule has 2 aromatic carbocycles. The summed E-state index contributed by atoms with van der Waals surface area (Å²) in [7, 11) is 0. The molecule has 5 heteroatoms. The van der Waals surface area contributed by atoms with Crippen LogP contribution in [0.5, 0.6) is 0 Å². The van der Waals surface area contributed by atoms with E-state index < -0.39 is 0 Å². The number of carbonyl (C=O) groups is 1. The molecule has 4 rings (SSSR count). The number of hydrogen-bond acceptors (Lipinski definition) is 3. The fraction of sp³-hybridized carbons (Fsp3) is 0.409. The van der Waals surface area contributed by atoms with Crippen LogP contribution >= 0.6 is 0 Å². The molecule has 0 bridgehead atoms. The maximum Gasteiger partial charge on any atom is 0.227 e. The van der Waals surface area contributed by atoms with Crippen molar-refractivity contribution in [3.8, 4) is 0 Å². The standard InChI is InChI=1S/C22H25FN2O2/c1-15(16-6-8-18(23)9-7-16)22(26)24-20-14-17-4-2-3-5-19(17)21(20)25-10-12-27-13-11-25/h2-9,15,20-21H,10-14H2,1H3,(H,24,26)/t15-,20-,21-/m0/s1. The fourth-order valence-electron chi connectivity index (χ4n) is 4.22. The molecule has 0 aromatic heterocycles. The van der Waals surface area contributed by atoms with Gasteiger partial charge in [0.1, 0.15) is 5.82 Å². The van der Waals surface area contributed by atoms with Gasteiger partial charge in [0.2, 0.25) is 5.91 Å². The Kier molecular flexibility index (Phi) is 5.23. The zero-order valence-corrected chi connectivity index (χ0v) is 15.5. The molecule has 1 N–H and O–H groups in total. The van der Waals surface area contributed by atoms with Crippen molar-refractivity contribution in [2.75, 3.05) is 26.3 Å². The number of hydrogen-bond donors (Lipinski definition) is 1. The Hall–Kier alpha value is -2.24. The minimum atomic E-state index is -0.320. The van der Waals surface area contributed by atoms with E-state index in [0.717, 1.165) is 38.3 Å². The van der Waals surface area contributed by atoms with Gasteiger partial charge in [-0.05, 0) is 42.2 Å². The van der Waals surface area contributed by atoms with Crippen molar-refractivity contribution in [3.05, 3.63) is 71.0 Å². The lowest BCUT2D eigenvalue weighted by Crippen LogP contribution is -2.48. The van der Waals surface area contributed by atoms with Gasteiger partial charge < -0.3 is 10.1 Å². The molecule has 1 aliphatic heterocycles. The van der Waals surface area contributed by atoms with Crippen molar-refractivity contribution >= 4 is 5.91 Å². The molecular weight excluding hydrogens is 343 g/mol. The number of nitrogens with zero attached hydrogens (tertiary/aromatic N) is 1. The van der Waals surface area contributed by atoms with E-state index in [1.54, 1.807) is 12.1 Å². The Morgan fingerprint density at radius 3 is 2.59 bits per heavy atom. The maximum absolute atomic E-state index is 13.2. The van der Waals surface area contributed by atoms with Crippen LogP contribution in [0.25, 0.3) is 0 Å². The average molecular weight is 368 g/mol. The van der Waals surface area contributed by atoms with Crippen LogP contribution in [-0.4, -0.2) is 43.2 Å². The van der Waals surface area contributed by atoms with E-state index in [9.17, 15) is 9.18 Å². The molecule has 1 aliphatic carbocycles. The number of benzene rings is 2. The first-order valence-corrected chi connectivity index (χ1v) is 9.59. The molecule has 1 saturated heterocycles. The number of halogens is 1. The highest BCUT2D eigenvalue weighted by molar-refractivity contribution is 5.83. The van der Waals surface area contributed by atoms with Crippen LogP contribution in [0.3, 0.4) is 0 Å². The molecule has 4 nitrogen and oxygen atoms in total. The smallest absolute Gasteiger partial charge is 0.227 e. The van der Waals surface area contributed by atoms with Crippen LogP contribution in [0.15, 0.2) is 48.5 Å². The Morgan fingerprint density at radius 1 is 1.15 bits per heavy atom. The summed E-state index contributed by atoms with van der Waals surface area (Å²) in [6, 6.07) is 14.8. The van der Waals surface area contributed by atoms with Crippen LogP contribution < -0.4 is 5.32 Å². The molecule has 27 heavy (non-hydrogen) atoms. The molecule has 2 aromatic rings. The first kappa shape index (κ1) is 18.1. The summed E-state index contributed by atoms with van der Waals surface area (Å²) < 4.78 is 18.7. The number of fused-ring (bicyclic) bond motifs is 1. The van der Waals surface area contributed by atoms with Gasteiger partial charge in [0.05, 0.1) is 31.2 Å². The number of amides is 1. The Balaban J connectivity index is 1.53. The summed E-state index contributed by atoms with van der Waals surface area (Å²) in [6.07, 6.45) is 0.833. The second kappa shape index (κ2) is 7.79. The van der Waals surface area contributed by atoms with Gasteiger partial charge in [-0.15, -0.1) is 0 Å². The van der Waals surface area contributed by atoms with E-state index >= 15 is 0 Å². The van der Waals surface area contributed by atoms with E-state index in [2.05, 4.69) is 34.5 Å². The van der Waals surface area contributed by atoms with Gasteiger partial charge in [-0.3, -0.25) is 9.69 Å². The van der Waals surface area contributed by atoms with Gasteiger partial charge in [-0.2, -0.15) is 0 Å². The van der Waals surface area contributed by atoms with Crippen LogP contribution in [0.1, 0.15) is 35.6 Å². The second-order valence-electron chi connectivity index (χ2n) is 7.38. The quantitative estimate of drug-likeness (QED) is 0.902. The molecule has 0 unspecified atom stereocenters. The third kappa shape index (κ3) is 3.75. The van der Waals surface area contributed by atoms with E-state index in [0.29, 0.717) is 0 Å². The zero-order valence-electron chi connectivity index (χ0n) is 15.5. The van der Waals surface area contributed by atoms with Crippen LogP contribution in [-0.2, 0) is 16.0 Å². The predicted octanol–water partition coefficient (Wildman–Crippen LogP) is 3.04. The molecule has 0 saturated carbocycles. The summed E-state index contributed by atoms with van der Waals surface area (Å²) >= 11 is 0. The number of nitrogens with one attached hydrogen (secondary N) is 1. The summed E-state index contributed by atoms with van der Waals surface area (Å²) in [4.78, 5) is 15.3. The van der Waals surface area contributed by atoms with Crippen LogP contribution in [0, 0.1) is 5.82 Å². The number of rotatable bonds is 4. The maximum atomic E-state index is 13.2. The highest BCUT2D eigenvalue weighted by Gasteiger charge is 2.38. The summed E-state index contributed by atoms with van der Waals surface area (Å²) in [5.41, 5.74) is 3.43. The van der Waals surface area contributed by atoms with Gasteiger partial charge in [-0.25, -0.2) is 4.39 Å². The lowest BCUT2D eigenvalue weighted by Gasteiger charge is -2.36. The molecule has 0 radical (unpaired) electrons. The minimum absolute atomic E-state index is 0.0160. The topological polar surface area (TPSA) is 41.6 Å². The largest absolute Gasteiger partial charge is 0.379 e. The van der Waals surface area contributed by atoms with Gasteiger partial charge >= 0.3 is 0 Å². The summed E-state index contributed by atoms with van der Waals surface area (Å²) in [5, 5.41) is 3.27. The van der Waals surface area contributed by atoms with Crippen LogP contribution in [0.4, 0.5) is 4.39 Å². The monoisotopic (exact) mass is 368 g/mol. The average Bonchev–Trinajstić information content (AvgIpc) is 3.06. The van der Waals surface area contributed by atoms with E-state index in [1.807, 2.05) is 6.92 Å². The first-order chi connectivity index (χ1) is 13.1. The van der Waals surface area contributed by atoms with Gasteiger partial charge in [0, 0.05) is 13.1 Å². The van der Waals surface area contributed by atoms with Crippen molar-refractivity contribution in [2.45, 2.75) is 31.3 Å². The van der Waals surface area contributed by atoms with Gasteiger partial charge in [0.15, 0.2) is 0 Å². The highest BCUT2D eigenvalue weighted by atomic mass is 19.1. The van der Waals surface area contributed by atoms with Crippen molar-refractivity contribution < 1.29 is 13.9 Å². The van der Waals surface area contributed by atoms with Crippen molar-refractivity contribution in [1.82, 2.24) is 10.2 Å². The minimum Gasteiger partial charge on any atom is -0.379 e. The normalized spacial score (nSPS) is 23.6. The van der Waals surface area contributed by atoms with Crippen LogP contribution in [0.2, 0.25) is 0 Å². The van der Waals surface area contributed by atoms with E-state index in [4.69, 9.17) is 4.74 Å². The molecule has 3 atom stereocenters. The fourth-order valence-corrected chi connectivity index (χ4v) is 4.22. The lowest BCUT2D eigenvalue weighted by molar-refractivity contribution is -0.123. The Morgan fingerprint density at radius 2 is 1.85 bits per heavy atom. The molecule has 0 spiro atoms. The van der Waals surface area contributed by atoms with Crippen molar-refractivity contribution in [3.63, 3.8) is 0 Å². The van der Waals surface area contributed by atoms with Gasteiger partial charge in [0.25, 0.3) is 0 Å². The van der Waals surface area contributed by atoms with Crippen molar-refractivity contribution in [2.24, 2.45) is 0 Å². The molecule has 1 heterocycles. The molecule has 1 fully saturated rings. The van der Waals surface area contributed by atoms with Gasteiger partial charge in [-0.1, -0.05) is 36.4 Å². The highest BCUT2D eigenvalue weighted by Crippen LogP contribution is 2.36. The summed E-state index contributed by atoms with van der Waals surface area (Å²) in [5.74, 6) is -0.623. The molecular formula is C22H25FN2O2. The number of carbonyl (C=O) groups excluding carboxylic acids is 1. The molecule has 1 amide bonds. The Bertz CT molecular complexity index is 802.